The molecule has 456 valence electrons. The highest BCUT2D eigenvalue weighted by molar-refractivity contribution is 8.79. The molecule has 10 aliphatic carbocycles. The first-order chi connectivity index (χ1) is 41.3. The van der Waals surface area contributed by atoms with E-state index < -0.39 is 0 Å². The Bertz CT molecular complexity index is 2210. The largest absolute Gasteiger partial charge is 0.0935 e. The summed E-state index contributed by atoms with van der Waals surface area (Å²) in [6, 6.07) is 0. The van der Waals surface area contributed by atoms with Crippen molar-refractivity contribution in [2.75, 3.05) is 69.0 Å². The van der Waals surface area contributed by atoms with Gasteiger partial charge in [0.1, 0.15) is 0 Å². The van der Waals surface area contributed by atoms with Gasteiger partial charge in [-0.1, -0.05) is 252 Å². The van der Waals surface area contributed by atoms with E-state index in [4.69, 9.17) is 0 Å². The van der Waals surface area contributed by atoms with Crippen LogP contribution in [0.5, 0.6) is 0 Å². The Labute approximate surface area is 558 Å². The third kappa shape index (κ3) is 22.4. The van der Waals surface area contributed by atoms with E-state index in [2.05, 4.69) is 204 Å². The van der Waals surface area contributed by atoms with Crippen LogP contribution in [0.3, 0.4) is 0 Å². The molecule has 0 aromatic carbocycles. The molecule has 0 N–H and O–H groups in total. The van der Waals surface area contributed by atoms with Crippen molar-refractivity contribution in [3.8, 4) is 0 Å². The standard InChI is InChI=1S/C13H14.C11H10S2.C11H14.C9H10S2.C9H16.2C7H12S2.C5H8S4/c1-2-4-6-10-13(9-5-3-1)11-7-8-12-13;1-2-4-6-8-11(7-5-3-1)9-12-13-10-11;1-2-4-8-11(7-3-1)9-5-6-10-11;1-2-4-6-9(5-3-1)7-10-11-8-9;1-2-6-9(5-1)7-3-4-8-9;2*1-2-4-7(3-1)5-8-9-6-7;1-5(2-7-6-1)3-8-9-4-5/h5-6H,7-12H2;5-6H,7-10H2;3-4H,5-10H2;3-4H,5-8H2;1-8H2;2*1-6H2;1-4H2. The van der Waals surface area contributed by atoms with Crippen molar-refractivity contribution in [3.63, 3.8) is 0 Å². The average molecular weight is 1350 g/mol. The second kappa shape index (κ2) is 36.7. The highest BCUT2D eigenvalue weighted by atomic mass is 33.1. The summed E-state index contributed by atoms with van der Waals surface area (Å²) < 4.78 is 0. The Morgan fingerprint density at radius 1 is 0.167 bits per heavy atom. The smallest absolute Gasteiger partial charge is 0.0118 e. The summed E-state index contributed by atoms with van der Waals surface area (Å²) in [6.07, 6.45) is 62.0. The first-order valence-corrected chi connectivity index (χ1v) is 47.3. The number of allylic oxidation sites excluding steroid dienone is 8. The second-order valence-corrected chi connectivity index (χ2v) is 42.1. The molecule has 8 spiro atoms. The van der Waals surface area contributed by atoms with Crippen LogP contribution >= 0.6 is 130 Å². The van der Waals surface area contributed by atoms with Gasteiger partial charge in [-0.25, -0.2) is 0 Å². The van der Waals surface area contributed by atoms with E-state index in [1.165, 1.54) is 223 Å². The quantitative estimate of drug-likeness (QED) is 0.168. The first-order valence-electron chi connectivity index (χ1n) is 32.4. The van der Waals surface area contributed by atoms with Crippen molar-refractivity contribution in [2.24, 2.45) is 43.3 Å². The molecule has 0 amide bonds. The summed E-state index contributed by atoms with van der Waals surface area (Å²) in [5.74, 6) is 16.5. The molecule has 0 radical (unpaired) electrons. The lowest BCUT2D eigenvalue weighted by molar-refractivity contribution is 0.305. The lowest BCUT2D eigenvalue weighted by Gasteiger charge is -2.25. The zero-order chi connectivity index (χ0) is 57.7. The maximum Gasteiger partial charge on any atom is 0.0118 e. The van der Waals surface area contributed by atoms with Crippen molar-refractivity contribution in [1.29, 1.82) is 0 Å². The molecule has 12 heteroatoms. The third-order valence-corrected chi connectivity index (χ3v) is 37.5. The van der Waals surface area contributed by atoms with Crippen LogP contribution in [0.2, 0.25) is 0 Å². The molecule has 6 saturated carbocycles. The van der Waals surface area contributed by atoms with E-state index in [1.807, 2.05) is 43.2 Å². The summed E-state index contributed by atoms with van der Waals surface area (Å²) in [6.45, 7) is 0. The molecule has 6 saturated heterocycles. The van der Waals surface area contributed by atoms with Crippen molar-refractivity contribution >= 4 is 130 Å². The van der Waals surface area contributed by atoms with Gasteiger partial charge in [-0.3, -0.25) is 0 Å². The van der Waals surface area contributed by atoms with Crippen molar-refractivity contribution in [1.82, 2.24) is 0 Å². The highest BCUT2D eigenvalue weighted by Gasteiger charge is 2.41. The van der Waals surface area contributed by atoms with Gasteiger partial charge in [0.25, 0.3) is 0 Å². The molecule has 0 bridgehead atoms. The predicted molar refractivity (Wildman–Crippen MR) is 395 cm³/mol. The molecule has 16 aliphatic rings. The van der Waals surface area contributed by atoms with Crippen molar-refractivity contribution < 1.29 is 0 Å². The van der Waals surface area contributed by atoms with Gasteiger partial charge in [-0.05, 0) is 238 Å². The fourth-order valence-electron chi connectivity index (χ4n) is 14.6. The predicted octanol–water partition coefficient (Wildman–Crippen LogP) is 24.9. The average Bonchev–Trinajstić information content (AvgIpc) is 4.35. The molecule has 16 rings (SSSR count). The van der Waals surface area contributed by atoms with Crippen LogP contribution in [0.4, 0.5) is 0 Å². The zero-order valence-corrected chi connectivity index (χ0v) is 60.4. The summed E-state index contributed by atoms with van der Waals surface area (Å²) in [7, 11) is 24.6. The van der Waals surface area contributed by atoms with Gasteiger partial charge < -0.3 is 0 Å². The first kappa shape index (κ1) is 68.9. The van der Waals surface area contributed by atoms with Crippen LogP contribution in [0.25, 0.3) is 0 Å². The third-order valence-electron chi connectivity index (χ3n) is 20.5. The van der Waals surface area contributed by atoms with Gasteiger partial charge in [0.05, 0.1) is 0 Å². The van der Waals surface area contributed by atoms with E-state index in [1.54, 1.807) is 25.7 Å². The number of hydrogen-bond donors (Lipinski definition) is 0. The molecule has 6 aliphatic heterocycles. The maximum absolute atomic E-state index is 3.07. The molecule has 0 unspecified atom stereocenters. The van der Waals surface area contributed by atoms with E-state index >= 15 is 0 Å². The normalized spacial score (nSPS) is 27.8. The second-order valence-electron chi connectivity index (χ2n) is 27.3. The Morgan fingerprint density at radius 2 is 0.333 bits per heavy atom. The Morgan fingerprint density at radius 3 is 0.571 bits per heavy atom. The van der Waals surface area contributed by atoms with Gasteiger partial charge in [0.2, 0.25) is 0 Å². The summed E-state index contributed by atoms with van der Waals surface area (Å²) in [5, 5.41) is 0. The number of hydrogen-bond acceptors (Lipinski definition) is 12. The number of rotatable bonds is 0. The maximum atomic E-state index is 3.07. The van der Waals surface area contributed by atoms with E-state index in [9.17, 15) is 0 Å². The fourth-order valence-corrected chi connectivity index (χ4v) is 36.0. The van der Waals surface area contributed by atoms with Crippen molar-refractivity contribution in [2.45, 2.75) is 205 Å². The van der Waals surface area contributed by atoms with Crippen LogP contribution < -0.4 is 0 Å². The highest BCUT2D eigenvalue weighted by Crippen LogP contribution is 2.56. The van der Waals surface area contributed by atoms with Crippen molar-refractivity contribution in [3.05, 3.63) is 117 Å². The summed E-state index contributed by atoms with van der Waals surface area (Å²) in [4.78, 5) is 0. The molecule has 0 atom stereocenters. The van der Waals surface area contributed by atoms with E-state index in [-0.39, 0.29) is 0 Å². The van der Waals surface area contributed by atoms with Gasteiger partial charge in [0.15, 0.2) is 0 Å². The molecule has 0 aromatic rings. The lowest BCUT2D eigenvalue weighted by atomic mass is 9.79. The Kier molecular flexibility index (Phi) is 30.1. The Balaban J connectivity index is 0.000000116. The molecule has 6 heterocycles. The van der Waals surface area contributed by atoms with Crippen LogP contribution in [0.1, 0.15) is 205 Å². The van der Waals surface area contributed by atoms with Crippen LogP contribution in [-0.2, 0) is 0 Å². The molecule has 84 heavy (non-hydrogen) atoms. The van der Waals surface area contributed by atoms with Gasteiger partial charge >= 0.3 is 0 Å². The molecular formula is C72H96S12. The molecule has 0 aromatic heterocycles. The van der Waals surface area contributed by atoms with Gasteiger partial charge in [0, 0.05) is 74.4 Å². The van der Waals surface area contributed by atoms with Crippen LogP contribution in [0, 0.1) is 43.3 Å². The van der Waals surface area contributed by atoms with Gasteiger partial charge in [-0.2, -0.15) is 0 Å². The lowest BCUT2D eigenvalue weighted by Crippen LogP contribution is -2.24. The molecular weight excluding hydrogens is 1250 g/mol. The SMILES string of the molecule is C1=C=C=CCC2(CC=C=1)CCCC2.C1=C=C=CCC2(CC=C=1)CSSC2.C1=C=CCC2(CC=1)CCCC2.C1=C=CCC2(CC=1)CSSC2.C1CCC2(C1)CCCC2.C1CCC2(C1)CSSC2.C1CCC2(C1)CSSC2.C1SSCC12CSSC2. The Hall–Kier alpha value is 0.520. The van der Waals surface area contributed by atoms with Crippen LogP contribution in [0.15, 0.2) is 117 Å². The topological polar surface area (TPSA) is 0 Å². The summed E-state index contributed by atoms with van der Waals surface area (Å²) >= 11 is 0. The molecule has 12 fully saturated rings. The zero-order valence-electron chi connectivity index (χ0n) is 50.6. The summed E-state index contributed by atoms with van der Waals surface area (Å²) in [5.41, 5.74) is 40.9. The van der Waals surface area contributed by atoms with Gasteiger partial charge in [-0.15, -0.1) is 0 Å². The fraction of sp³-hybridized carbons (Fsp3) is 0.722. The van der Waals surface area contributed by atoms with Crippen LogP contribution in [-0.4, -0.2) is 69.0 Å². The minimum absolute atomic E-state index is 0.447. The van der Waals surface area contributed by atoms with E-state index in [0.717, 1.165) is 47.3 Å². The monoisotopic (exact) mass is 1340 g/mol. The molecule has 0 nitrogen and oxygen atoms in total. The minimum Gasteiger partial charge on any atom is -0.0935 e. The minimum atomic E-state index is 0.447. The van der Waals surface area contributed by atoms with E-state index in [0.29, 0.717) is 21.7 Å².